The number of hydrogen-bond acceptors (Lipinski definition) is 5. The molecule has 1 aromatic heterocycles. The average Bonchev–Trinajstić information content (AvgIpc) is 3.12. The van der Waals surface area contributed by atoms with Crippen molar-refractivity contribution >= 4 is 28.2 Å². The van der Waals surface area contributed by atoms with Gasteiger partial charge >= 0.3 is 5.97 Å². The van der Waals surface area contributed by atoms with Crippen LogP contribution in [0.1, 0.15) is 33.2 Å². The highest BCUT2D eigenvalue weighted by molar-refractivity contribution is 7.15. The molecule has 0 aliphatic heterocycles. The minimum atomic E-state index is -0.454. The molecule has 0 saturated heterocycles. The average molecular weight is 395 g/mol. The maximum absolute atomic E-state index is 12.6. The molecular weight excluding hydrogens is 374 g/mol. The van der Waals surface area contributed by atoms with Gasteiger partial charge in [-0.25, -0.2) is 4.79 Å². The summed E-state index contributed by atoms with van der Waals surface area (Å²) in [6.45, 7) is 4.02. The Balaban J connectivity index is 1.94. The smallest absolute Gasteiger partial charge is 0.341 e. The van der Waals surface area contributed by atoms with Crippen molar-refractivity contribution in [1.82, 2.24) is 0 Å². The Morgan fingerprint density at radius 2 is 1.71 bits per heavy atom. The van der Waals surface area contributed by atoms with Gasteiger partial charge in [-0.2, -0.15) is 0 Å². The molecule has 0 bridgehead atoms. The first-order valence-electron chi connectivity index (χ1n) is 8.84. The van der Waals surface area contributed by atoms with Crippen LogP contribution in [0.2, 0.25) is 0 Å². The third kappa shape index (κ3) is 4.23. The number of hydrogen-bond donors (Lipinski definition) is 1. The summed E-state index contributed by atoms with van der Waals surface area (Å²) in [4.78, 5) is 25.2. The second kappa shape index (κ2) is 8.71. The second-order valence-electron chi connectivity index (χ2n) is 6.12. The lowest BCUT2D eigenvalue weighted by Crippen LogP contribution is -2.14. The van der Waals surface area contributed by atoms with E-state index in [4.69, 9.17) is 9.47 Å². The van der Waals surface area contributed by atoms with Gasteiger partial charge < -0.3 is 14.8 Å². The van der Waals surface area contributed by atoms with Crippen molar-refractivity contribution in [3.8, 4) is 16.9 Å². The molecule has 0 unspecified atom stereocenters. The molecule has 1 N–H and O–H groups in total. The first-order valence-corrected chi connectivity index (χ1v) is 9.72. The number of esters is 1. The number of anilines is 1. The van der Waals surface area contributed by atoms with Crippen molar-refractivity contribution in [2.75, 3.05) is 19.0 Å². The van der Waals surface area contributed by atoms with E-state index in [1.165, 1.54) is 11.3 Å². The van der Waals surface area contributed by atoms with Crippen molar-refractivity contribution in [2.24, 2.45) is 0 Å². The number of ether oxygens (including phenoxy) is 2. The van der Waals surface area contributed by atoms with Crippen LogP contribution in [-0.2, 0) is 4.74 Å². The van der Waals surface area contributed by atoms with Crippen LogP contribution >= 0.6 is 11.3 Å². The lowest BCUT2D eigenvalue weighted by molar-refractivity contribution is 0.0529. The second-order valence-corrected chi connectivity index (χ2v) is 7.00. The first-order chi connectivity index (χ1) is 13.5. The number of nitrogens with one attached hydrogen (secondary N) is 1. The fourth-order valence-electron chi connectivity index (χ4n) is 2.72. The Bertz CT molecular complexity index is 975. The number of thiophene rings is 1. The van der Waals surface area contributed by atoms with Gasteiger partial charge in [0.15, 0.2) is 0 Å². The molecule has 1 amide bonds. The molecule has 0 spiro atoms. The van der Waals surface area contributed by atoms with Crippen LogP contribution in [0.3, 0.4) is 0 Å². The summed E-state index contributed by atoms with van der Waals surface area (Å²) in [6.07, 6.45) is 0. The molecule has 1 heterocycles. The monoisotopic (exact) mass is 395 g/mol. The van der Waals surface area contributed by atoms with E-state index in [1.807, 2.05) is 36.6 Å². The highest BCUT2D eigenvalue weighted by Gasteiger charge is 2.23. The van der Waals surface area contributed by atoms with E-state index in [0.717, 1.165) is 16.7 Å². The molecule has 2 aromatic carbocycles. The molecule has 144 valence electrons. The van der Waals surface area contributed by atoms with Crippen LogP contribution in [0.15, 0.2) is 53.9 Å². The topological polar surface area (TPSA) is 64.6 Å². The summed E-state index contributed by atoms with van der Waals surface area (Å²) < 4.78 is 10.3. The quantitative estimate of drug-likeness (QED) is 0.586. The summed E-state index contributed by atoms with van der Waals surface area (Å²) in [7, 11) is 1.57. The van der Waals surface area contributed by atoms with Crippen molar-refractivity contribution in [3.05, 3.63) is 70.6 Å². The highest BCUT2D eigenvalue weighted by Crippen LogP contribution is 2.36. The van der Waals surface area contributed by atoms with Gasteiger partial charge in [0.25, 0.3) is 5.91 Å². The van der Waals surface area contributed by atoms with Crippen molar-refractivity contribution in [2.45, 2.75) is 13.8 Å². The number of methoxy groups -OCH3 is 1. The molecular formula is C22H21NO4S. The van der Waals surface area contributed by atoms with Gasteiger partial charge in [0.05, 0.1) is 13.7 Å². The zero-order valence-corrected chi connectivity index (χ0v) is 16.8. The van der Waals surface area contributed by atoms with Gasteiger partial charge in [-0.1, -0.05) is 29.8 Å². The predicted molar refractivity (Wildman–Crippen MR) is 111 cm³/mol. The van der Waals surface area contributed by atoms with Gasteiger partial charge in [0.2, 0.25) is 0 Å². The zero-order chi connectivity index (χ0) is 20.1. The van der Waals surface area contributed by atoms with Gasteiger partial charge in [0.1, 0.15) is 16.3 Å². The van der Waals surface area contributed by atoms with E-state index in [0.29, 0.717) is 21.9 Å². The molecule has 3 aromatic rings. The normalized spacial score (nSPS) is 10.4. The molecule has 0 atom stereocenters. The van der Waals surface area contributed by atoms with Crippen LogP contribution in [0.5, 0.6) is 5.75 Å². The number of carbonyl (C=O) groups excluding carboxylic acids is 2. The van der Waals surface area contributed by atoms with Crippen molar-refractivity contribution < 1.29 is 19.1 Å². The van der Waals surface area contributed by atoms with Gasteiger partial charge in [-0.3, -0.25) is 4.79 Å². The summed E-state index contributed by atoms with van der Waals surface area (Å²) in [6, 6.07) is 14.7. The molecule has 0 aliphatic rings. The number of aryl methyl sites for hydroxylation is 1. The molecule has 0 fully saturated rings. The van der Waals surface area contributed by atoms with E-state index in [9.17, 15) is 9.59 Å². The third-order valence-electron chi connectivity index (χ3n) is 4.21. The molecule has 6 heteroatoms. The first kappa shape index (κ1) is 19.6. The molecule has 3 rings (SSSR count). The SMILES string of the molecule is CCOC(=O)c1c(-c2ccc(C)cc2)csc1NC(=O)c1ccc(OC)cc1. The molecule has 0 aliphatic carbocycles. The molecule has 0 saturated carbocycles. The Hall–Kier alpha value is -3.12. The molecule has 5 nitrogen and oxygen atoms in total. The maximum Gasteiger partial charge on any atom is 0.341 e. The summed E-state index contributed by atoms with van der Waals surface area (Å²) in [5.41, 5.74) is 3.62. The minimum absolute atomic E-state index is 0.258. The van der Waals surface area contributed by atoms with E-state index in [2.05, 4.69) is 5.32 Å². The summed E-state index contributed by atoms with van der Waals surface area (Å²) >= 11 is 1.30. The summed E-state index contributed by atoms with van der Waals surface area (Å²) in [5.74, 6) is -0.0867. The van der Waals surface area contributed by atoms with E-state index in [1.54, 1.807) is 38.3 Å². The Kier molecular flexibility index (Phi) is 6.11. The number of benzene rings is 2. The van der Waals surface area contributed by atoms with Crippen LogP contribution in [0, 0.1) is 6.92 Å². The van der Waals surface area contributed by atoms with Crippen LogP contribution in [0.25, 0.3) is 11.1 Å². The van der Waals surface area contributed by atoms with Crippen LogP contribution in [-0.4, -0.2) is 25.6 Å². The van der Waals surface area contributed by atoms with Gasteiger partial charge in [0, 0.05) is 16.5 Å². The fourth-order valence-corrected chi connectivity index (χ4v) is 3.67. The highest BCUT2D eigenvalue weighted by atomic mass is 32.1. The lowest BCUT2D eigenvalue weighted by Gasteiger charge is -2.09. The van der Waals surface area contributed by atoms with E-state index < -0.39 is 5.97 Å². The lowest BCUT2D eigenvalue weighted by atomic mass is 10.0. The third-order valence-corrected chi connectivity index (χ3v) is 5.11. The Labute approximate surface area is 167 Å². The Morgan fingerprint density at radius 3 is 2.32 bits per heavy atom. The van der Waals surface area contributed by atoms with Crippen LogP contribution < -0.4 is 10.1 Å². The van der Waals surface area contributed by atoms with Gasteiger partial charge in [-0.15, -0.1) is 11.3 Å². The van der Waals surface area contributed by atoms with Crippen molar-refractivity contribution in [1.29, 1.82) is 0 Å². The van der Waals surface area contributed by atoms with Crippen molar-refractivity contribution in [3.63, 3.8) is 0 Å². The number of carbonyl (C=O) groups is 2. The van der Waals surface area contributed by atoms with Gasteiger partial charge in [-0.05, 0) is 43.7 Å². The molecule has 0 radical (unpaired) electrons. The maximum atomic E-state index is 12.6. The Morgan fingerprint density at radius 1 is 1.04 bits per heavy atom. The largest absolute Gasteiger partial charge is 0.497 e. The standard InChI is InChI=1S/C22H21NO4S/c1-4-27-22(25)19-18(15-7-5-14(2)6-8-15)13-28-21(19)23-20(24)16-9-11-17(26-3)12-10-16/h5-13H,4H2,1-3H3,(H,23,24). The predicted octanol–water partition coefficient (Wildman–Crippen LogP) is 5.16. The number of rotatable bonds is 6. The van der Waals surface area contributed by atoms with E-state index >= 15 is 0 Å². The fraction of sp³-hybridized carbons (Fsp3) is 0.182. The van der Waals surface area contributed by atoms with E-state index in [-0.39, 0.29) is 12.5 Å². The summed E-state index contributed by atoms with van der Waals surface area (Å²) in [5, 5.41) is 5.17. The zero-order valence-electron chi connectivity index (χ0n) is 15.9. The molecule has 28 heavy (non-hydrogen) atoms. The van der Waals surface area contributed by atoms with Crippen LogP contribution in [0.4, 0.5) is 5.00 Å². The number of amides is 1. The minimum Gasteiger partial charge on any atom is -0.497 e.